The van der Waals surface area contributed by atoms with Gasteiger partial charge in [0.05, 0.1) is 18.1 Å². The van der Waals surface area contributed by atoms with Crippen LogP contribution in [-0.4, -0.2) is 38.8 Å². The molecule has 1 saturated carbocycles. The van der Waals surface area contributed by atoms with Gasteiger partial charge in [0.2, 0.25) is 0 Å². The first-order valence-corrected chi connectivity index (χ1v) is 11.2. The van der Waals surface area contributed by atoms with E-state index in [9.17, 15) is 22.4 Å². The van der Waals surface area contributed by atoms with Gasteiger partial charge in [-0.2, -0.15) is 0 Å². The Morgan fingerprint density at radius 3 is 1.93 bits per heavy atom. The standard InChI is InChI=1S/C21H20ClFO6S/c1-3-28-19(24)21(20(25)29-4-2)17(13-5-9-15(23)10-6-13)18(21)30(26,27)16-11-7-14(22)8-12-16/h5-12,17-18H,3-4H2,1-2H3/t17-,18+/m1/s1. The molecule has 1 fully saturated rings. The predicted octanol–water partition coefficient (Wildman–Crippen LogP) is 3.53. The van der Waals surface area contributed by atoms with Crippen LogP contribution in [0.4, 0.5) is 4.39 Å². The van der Waals surface area contributed by atoms with Crippen molar-refractivity contribution >= 4 is 33.4 Å². The fourth-order valence-corrected chi connectivity index (χ4v) is 6.14. The number of rotatable bonds is 7. The van der Waals surface area contributed by atoms with Gasteiger partial charge in [0, 0.05) is 10.9 Å². The smallest absolute Gasteiger partial charge is 0.325 e. The molecular formula is C21H20ClFO6S. The summed E-state index contributed by atoms with van der Waals surface area (Å²) < 4.78 is 50.5. The minimum absolute atomic E-state index is 0.0517. The molecule has 0 saturated heterocycles. The highest BCUT2D eigenvalue weighted by atomic mass is 35.5. The Kier molecular flexibility index (Phi) is 6.19. The minimum Gasteiger partial charge on any atom is -0.465 e. The van der Waals surface area contributed by atoms with Crippen molar-refractivity contribution in [1.82, 2.24) is 0 Å². The lowest BCUT2D eigenvalue weighted by molar-refractivity contribution is -0.164. The van der Waals surface area contributed by atoms with Crippen molar-refractivity contribution in [3.8, 4) is 0 Å². The molecule has 3 rings (SSSR count). The normalized spacial score (nSPS) is 19.7. The van der Waals surface area contributed by atoms with Gasteiger partial charge < -0.3 is 9.47 Å². The lowest BCUT2D eigenvalue weighted by Crippen LogP contribution is -2.35. The Labute approximate surface area is 178 Å². The number of halogens is 2. The van der Waals surface area contributed by atoms with E-state index in [1.807, 2.05) is 0 Å². The molecule has 0 unspecified atom stereocenters. The van der Waals surface area contributed by atoms with Gasteiger partial charge in [0.1, 0.15) is 11.1 Å². The summed E-state index contributed by atoms with van der Waals surface area (Å²) in [6.07, 6.45) is 0. The average Bonchev–Trinajstić information content (AvgIpc) is 3.42. The maximum absolute atomic E-state index is 13.5. The van der Waals surface area contributed by atoms with E-state index >= 15 is 0 Å². The molecule has 30 heavy (non-hydrogen) atoms. The van der Waals surface area contributed by atoms with Gasteiger partial charge in [0.25, 0.3) is 0 Å². The van der Waals surface area contributed by atoms with Crippen molar-refractivity contribution in [2.75, 3.05) is 13.2 Å². The molecule has 2 atom stereocenters. The van der Waals surface area contributed by atoms with Gasteiger partial charge in [-0.05, 0) is 55.8 Å². The van der Waals surface area contributed by atoms with Gasteiger partial charge in [-0.1, -0.05) is 23.7 Å². The summed E-state index contributed by atoms with van der Waals surface area (Å²) in [7, 11) is -4.18. The third-order valence-electron chi connectivity index (χ3n) is 5.06. The molecule has 0 heterocycles. The Balaban J connectivity index is 2.19. The first-order chi connectivity index (χ1) is 14.2. The number of hydrogen-bond acceptors (Lipinski definition) is 6. The van der Waals surface area contributed by atoms with Gasteiger partial charge >= 0.3 is 11.9 Å². The Morgan fingerprint density at radius 2 is 1.47 bits per heavy atom. The van der Waals surface area contributed by atoms with E-state index in [0.29, 0.717) is 10.6 Å². The monoisotopic (exact) mass is 454 g/mol. The highest BCUT2D eigenvalue weighted by Crippen LogP contribution is 2.65. The van der Waals surface area contributed by atoms with Crippen LogP contribution in [0.25, 0.3) is 0 Å². The fraction of sp³-hybridized carbons (Fsp3) is 0.333. The molecule has 160 valence electrons. The van der Waals surface area contributed by atoms with E-state index in [4.69, 9.17) is 21.1 Å². The molecule has 6 nitrogen and oxygen atoms in total. The number of benzene rings is 2. The second-order valence-electron chi connectivity index (χ2n) is 6.76. The highest BCUT2D eigenvalue weighted by Gasteiger charge is 2.81. The van der Waals surface area contributed by atoms with Gasteiger partial charge in [-0.25, -0.2) is 12.8 Å². The number of ether oxygens (including phenoxy) is 2. The summed E-state index contributed by atoms with van der Waals surface area (Å²) in [6, 6.07) is 10.4. The van der Waals surface area contributed by atoms with E-state index in [0.717, 1.165) is 12.1 Å². The van der Waals surface area contributed by atoms with Crippen molar-refractivity contribution in [1.29, 1.82) is 0 Å². The lowest BCUT2D eigenvalue weighted by Gasteiger charge is -2.15. The molecule has 0 N–H and O–H groups in total. The van der Waals surface area contributed by atoms with Crippen LogP contribution in [0.1, 0.15) is 25.3 Å². The summed E-state index contributed by atoms with van der Waals surface area (Å²) >= 11 is 5.86. The van der Waals surface area contributed by atoms with Gasteiger partial charge in [0.15, 0.2) is 15.3 Å². The van der Waals surface area contributed by atoms with Crippen molar-refractivity contribution in [2.45, 2.75) is 29.9 Å². The van der Waals surface area contributed by atoms with Crippen molar-refractivity contribution in [2.24, 2.45) is 5.41 Å². The van der Waals surface area contributed by atoms with Crippen LogP contribution in [0.5, 0.6) is 0 Å². The molecular weight excluding hydrogens is 435 g/mol. The Hall–Kier alpha value is -2.45. The van der Waals surface area contributed by atoms with Crippen molar-refractivity contribution in [3.63, 3.8) is 0 Å². The highest BCUT2D eigenvalue weighted by molar-refractivity contribution is 7.92. The summed E-state index contributed by atoms with van der Waals surface area (Å²) in [5.74, 6) is -3.59. The van der Waals surface area contributed by atoms with E-state index < -0.39 is 44.2 Å². The van der Waals surface area contributed by atoms with Crippen LogP contribution in [0.2, 0.25) is 5.02 Å². The zero-order chi connectivity index (χ0) is 22.1. The lowest BCUT2D eigenvalue weighted by atomic mass is 9.99. The number of esters is 2. The average molecular weight is 455 g/mol. The molecule has 0 amide bonds. The summed E-state index contributed by atoms with van der Waals surface area (Å²) in [4.78, 5) is 25.8. The van der Waals surface area contributed by atoms with E-state index in [1.54, 1.807) is 13.8 Å². The van der Waals surface area contributed by atoms with Crippen molar-refractivity contribution in [3.05, 3.63) is 64.9 Å². The van der Waals surface area contributed by atoms with Crippen LogP contribution >= 0.6 is 11.6 Å². The van der Waals surface area contributed by atoms with Crippen LogP contribution in [0, 0.1) is 11.2 Å². The Bertz CT molecular complexity index is 1030. The number of sulfone groups is 1. The maximum Gasteiger partial charge on any atom is 0.325 e. The van der Waals surface area contributed by atoms with Gasteiger partial charge in [-0.3, -0.25) is 9.59 Å². The fourth-order valence-electron chi connectivity index (χ4n) is 3.73. The van der Waals surface area contributed by atoms with E-state index in [2.05, 4.69) is 0 Å². The Morgan fingerprint density at radius 1 is 0.967 bits per heavy atom. The zero-order valence-corrected chi connectivity index (χ0v) is 17.9. The summed E-state index contributed by atoms with van der Waals surface area (Å²) in [5, 5.41) is -1.13. The SMILES string of the molecule is CCOC(=O)C1(C(=O)OCC)[C@H](c2ccc(F)cc2)[C@@H]1S(=O)(=O)c1ccc(Cl)cc1. The largest absolute Gasteiger partial charge is 0.465 e. The maximum atomic E-state index is 13.5. The number of carbonyl (C=O) groups excluding carboxylic acids is 2. The second kappa shape index (κ2) is 8.35. The van der Waals surface area contributed by atoms with Crippen LogP contribution in [-0.2, 0) is 28.9 Å². The first kappa shape index (κ1) is 22.2. The molecule has 2 aromatic rings. The summed E-state index contributed by atoms with van der Waals surface area (Å²) in [5.41, 5.74) is -1.76. The third-order valence-corrected chi connectivity index (χ3v) is 7.56. The first-order valence-electron chi connectivity index (χ1n) is 9.30. The molecule has 1 aliphatic carbocycles. The summed E-state index contributed by atoms with van der Waals surface area (Å²) in [6.45, 7) is 3.00. The van der Waals surface area contributed by atoms with Gasteiger partial charge in [-0.15, -0.1) is 0 Å². The molecule has 0 spiro atoms. The molecule has 0 aromatic heterocycles. The molecule has 0 radical (unpaired) electrons. The van der Waals surface area contributed by atoms with Crippen LogP contribution < -0.4 is 0 Å². The number of hydrogen-bond donors (Lipinski definition) is 0. The molecule has 1 aliphatic rings. The minimum atomic E-state index is -4.18. The molecule has 2 aromatic carbocycles. The van der Waals surface area contributed by atoms with E-state index in [1.165, 1.54) is 36.4 Å². The number of carbonyl (C=O) groups is 2. The second-order valence-corrected chi connectivity index (χ2v) is 9.26. The third kappa shape index (κ3) is 3.58. The topological polar surface area (TPSA) is 86.7 Å². The van der Waals surface area contributed by atoms with Crippen molar-refractivity contribution < 1.29 is 31.9 Å². The predicted molar refractivity (Wildman–Crippen MR) is 107 cm³/mol. The quantitative estimate of drug-likeness (QED) is 0.470. The zero-order valence-electron chi connectivity index (χ0n) is 16.3. The van der Waals surface area contributed by atoms with Crippen LogP contribution in [0.3, 0.4) is 0 Å². The molecule has 9 heteroatoms. The van der Waals surface area contributed by atoms with Crippen LogP contribution in [0.15, 0.2) is 53.4 Å². The molecule has 0 bridgehead atoms. The van der Waals surface area contributed by atoms with E-state index in [-0.39, 0.29) is 18.1 Å². The molecule has 0 aliphatic heterocycles.